The summed E-state index contributed by atoms with van der Waals surface area (Å²) in [6.07, 6.45) is -0.244. The van der Waals surface area contributed by atoms with Gasteiger partial charge in [0.25, 0.3) is 0 Å². The lowest BCUT2D eigenvalue weighted by Gasteiger charge is -2.26. The number of carbonyl (C=O) groups excluding carboxylic acids is 2. The average Bonchev–Trinajstić information content (AvgIpc) is 2.69. The number of aryl methyl sites for hydroxylation is 1. The predicted molar refractivity (Wildman–Crippen MR) is 111 cm³/mol. The standard InChI is InChI=1S/C22H27N3O4/c1-15-7-6-8-18(16(15)2)24-22(27)13-25(3)12-21(26)23-11-17-14-28-19-9-4-5-10-20(19)29-17/h4-10,17H,11-14H2,1-3H3,(H,23,26)(H,24,27)/t17-/m0/s1. The van der Waals surface area contributed by atoms with Crippen LogP contribution < -0.4 is 20.1 Å². The Hall–Kier alpha value is -3.06. The van der Waals surface area contributed by atoms with Crippen molar-refractivity contribution >= 4 is 17.5 Å². The van der Waals surface area contributed by atoms with Crippen LogP contribution in [-0.2, 0) is 9.59 Å². The number of carbonyl (C=O) groups is 2. The van der Waals surface area contributed by atoms with Gasteiger partial charge < -0.3 is 20.1 Å². The van der Waals surface area contributed by atoms with E-state index in [1.165, 1.54) is 0 Å². The van der Waals surface area contributed by atoms with E-state index in [1.807, 2.05) is 56.3 Å². The van der Waals surface area contributed by atoms with Crippen molar-refractivity contribution in [3.63, 3.8) is 0 Å². The molecule has 0 radical (unpaired) electrons. The van der Waals surface area contributed by atoms with E-state index < -0.39 is 0 Å². The Kier molecular flexibility index (Phi) is 6.72. The highest BCUT2D eigenvalue weighted by molar-refractivity contribution is 5.93. The van der Waals surface area contributed by atoms with Gasteiger partial charge in [-0.1, -0.05) is 24.3 Å². The molecule has 3 rings (SSSR count). The molecule has 7 nitrogen and oxygen atoms in total. The molecular formula is C22H27N3O4. The lowest BCUT2D eigenvalue weighted by atomic mass is 10.1. The highest BCUT2D eigenvalue weighted by atomic mass is 16.6. The van der Waals surface area contributed by atoms with E-state index in [9.17, 15) is 9.59 Å². The van der Waals surface area contributed by atoms with Crippen molar-refractivity contribution in [1.29, 1.82) is 0 Å². The number of amides is 2. The summed E-state index contributed by atoms with van der Waals surface area (Å²) >= 11 is 0. The number of nitrogens with zero attached hydrogens (tertiary/aromatic N) is 1. The second kappa shape index (κ2) is 9.43. The Morgan fingerprint density at radius 3 is 2.55 bits per heavy atom. The van der Waals surface area contributed by atoms with Gasteiger partial charge in [0.15, 0.2) is 11.5 Å². The Balaban J connectivity index is 1.40. The zero-order valence-electron chi connectivity index (χ0n) is 17.0. The number of likely N-dealkylation sites (N-methyl/N-ethyl adjacent to an activating group) is 1. The Bertz CT molecular complexity index is 884. The molecule has 0 aromatic heterocycles. The fraction of sp³-hybridized carbons (Fsp3) is 0.364. The summed E-state index contributed by atoms with van der Waals surface area (Å²) in [5, 5.41) is 5.74. The summed E-state index contributed by atoms with van der Waals surface area (Å²) in [4.78, 5) is 26.1. The van der Waals surface area contributed by atoms with Crippen LogP contribution in [0, 0.1) is 13.8 Å². The van der Waals surface area contributed by atoms with E-state index >= 15 is 0 Å². The quantitative estimate of drug-likeness (QED) is 0.748. The molecule has 1 aliphatic rings. The van der Waals surface area contributed by atoms with E-state index in [4.69, 9.17) is 9.47 Å². The van der Waals surface area contributed by atoms with Crippen LogP contribution >= 0.6 is 0 Å². The van der Waals surface area contributed by atoms with Crippen molar-refractivity contribution in [3.8, 4) is 11.5 Å². The summed E-state index contributed by atoms with van der Waals surface area (Å²) in [6.45, 7) is 4.93. The maximum atomic E-state index is 12.3. The first-order chi connectivity index (χ1) is 13.9. The van der Waals surface area contributed by atoms with E-state index in [-0.39, 0.29) is 31.0 Å². The highest BCUT2D eigenvalue weighted by Gasteiger charge is 2.21. The molecule has 2 N–H and O–H groups in total. The normalized spacial score (nSPS) is 15.1. The summed E-state index contributed by atoms with van der Waals surface area (Å²) in [6, 6.07) is 13.2. The summed E-state index contributed by atoms with van der Waals surface area (Å²) in [5.41, 5.74) is 2.95. The number of hydrogen-bond donors (Lipinski definition) is 2. The lowest BCUT2D eigenvalue weighted by Crippen LogP contribution is -2.44. The minimum atomic E-state index is -0.244. The van der Waals surface area contributed by atoms with Crippen molar-refractivity contribution in [3.05, 3.63) is 53.6 Å². The lowest BCUT2D eigenvalue weighted by molar-refractivity contribution is -0.123. The zero-order chi connectivity index (χ0) is 20.8. The van der Waals surface area contributed by atoms with Gasteiger partial charge in [0.05, 0.1) is 19.6 Å². The number of hydrogen-bond acceptors (Lipinski definition) is 5. The first-order valence-electron chi connectivity index (χ1n) is 9.62. The number of rotatable bonds is 7. The zero-order valence-corrected chi connectivity index (χ0v) is 17.0. The smallest absolute Gasteiger partial charge is 0.238 e. The summed E-state index contributed by atoms with van der Waals surface area (Å²) in [5.74, 6) is 1.06. The molecule has 29 heavy (non-hydrogen) atoms. The molecule has 2 aromatic carbocycles. The predicted octanol–water partition coefficient (Wildman–Crippen LogP) is 2.13. The summed E-state index contributed by atoms with van der Waals surface area (Å²) in [7, 11) is 1.73. The molecule has 1 heterocycles. The molecule has 0 spiro atoms. The SMILES string of the molecule is Cc1cccc(NC(=O)CN(C)CC(=O)NC[C@H]2COc3ccccc3O2)c1C. The molecule has 0 saturated carbocycles. The van der Waals surface area contributed by atoms with Crippen LogP contribution in [0.15, 0.2) is 42.5 Å². The van der Waals surface area contributed by atoms with E-state index in [2.05, 4.69) is 10.6 Å². The van der Waals surface area contributed by atoms with Gasteiger partial charge in [-0.05, 0) is 50.2 Å². The number of nitrogens with one attached hydrogen (secondary N) is 2. The largest absolute Gasteiger partial charge is 0.486 e. The minimum absolute atomic E-state index is 0.115. The van der Waals surface area contributed by atoms with Crippen LogP contribution in [-0.4, -0.2) is 56.1 Å². The fourth-order valence-corrected chi connectivity index (χ4v) is 3.07. The molecule has 7 heteroatoms. The van der Waals surface area contributed by atoms with E-state index in [0.717, 1.165) is 16.8 Å². The topological polar surface area (TPSA) is 79.9 Å². The van der Waals surface area contributed by atoms with Gasteiger partial charge in [0, 0.05) is 5.69 Å². The van der Waals surface area contributed by atoms with Crippen LogP contribution in [0.3, 0.4) is 0 Å². The molecule has 154 valence electrons. The van der Waals surface area contributed by atoms with Crippen molar-refractivity contribution in [2.24, 2.45) is 0 Å². The van der Waals surface area contributed by atoms with Gasteiger partial charge in [0.2, 0.25) is 11.8 Å². The van der Waals surface area contributed by atoms with Gasteiger partial charge in [0.1, 0.15) is 12.7 Å². The maximum Gasteiger partial charge on any atom is 0.238 e. The van der Waals surface area contributed by atoms with Crippen molar-refractivity contribution < 1.29 is 19.1 Å². The Morgan fingerprint density at radius 2 is 1.76 bits per heavy atom. The van der Waals surface area contributed by atoms with Gasteiger partial charge in [-0.2, -0.15) is 0 Å². The van der Waals surface area contributed by atoms with Crippen molar-refractivity contribution in [2.75, 3.05) is 38.6 Å². The van der Waals surface area contributed by atoms with Gasteiger partial charge in [-0.3, -0.25) is 14.5 Å². The molecule has 0 saturated heterocycles. The third kappa shape index (κ3) is 5.71. The first kappa shape index (κ1) is 20.7. The number of ether oxygens (including phenoxy) is 2. The molecule has 2 amide bonds. The van der Waals surface area contributed by atoms with Gasteiger partial charge >= 0.3 is 0 Å². The first-order valence-corrected chi connectivity index (χ1v) is 9.62. The van der Waals surface area contributed by atoms with Crippen LogP contribution in [0.4, 0.5) is 5.69 Å². The monoisotopic (exact) mass is 397 g/mol. The number of fused-ring (bicyclic) bond motifs is 1. The molecule has 2 aromatic rings. The second-order valence-electron chi connectivity index (χ2n) is 7.27. The molecule has 1 aliphatic heterocycles. The Labute approximate surface area is 171 Å². The minimum Gasteiger partial charge on any atom is -0.486 e. The molecule has 0 bridgehead atoms. The third-order valence-corrected chi connectivity index (χ3v) is 4.80. The van der Waals surface area contributed by atoms with Gasteiger partial charge in [-0.15, -0.1) is 0 Å². The Morgan fingerprint density at radius 1 is 1.03 bits per heavy atom. The number of para-hydroxylation sites is 2. The van der Waals surface area contributed by atoms with Crippen molar-refractivity contribution in [1.82, 2.24) is 10.2 Å². The molecule has 0 fully saturated rings. The average molecular weight is 397 g/mol. The van der Waals surface area contributed by atoms with Gasteiger partial charge in [-0.25, -0.2) is 0 Å². The number of anilines is 1. The van der Waals surface area contributed by atoms with E-state index in [1.54, 1.807) is 11.9 Å². The van der Waals surface area contributed by atoms with Crippen LogP contribution in [0.1, 0.15) is 11.1 Å². The molecule has 1 atom stereocenters. The number of benzene rings is 2. The third-order valence-electron chi connectivity index (χ3n) is 4.80. The van der Waals surface area contributed by atoms with Crippen LogP contribution in [0.5, 0.6) is 11.5 Å². The van der Waals surface area contributed by atoms with E-state index in [0.29, 0.717) is 24.7 Å². The summed E-state index contributed by atoms with van der Waals surface area (Å²) < 4.78 is 11.5. The maximum absolute atomic E-state index is 12.3. The molecule has 0 unspecified atom stereocenters. The highest BCUT2D eigenvalue weighted by Crippen LogP contribution is 2.30. The fourth-order valence-electron chi connectivity index (χ4n) is 3.07. The van der Waals surface area contributed by atoms with Crippen LogP contribution in [0.25, 0.3) is 0 Å². The molecular weight excluding hydrogens is 370 g/mol. The van der Waals surface area contributed by atoms with Crippen molar-refractivity contribution in [2.45, 2.75) is 20.0 Å². The second-order valence-corrected chi connectivity index (χ2v) is 7.27. The van der Waals surface area contributed by atoms with Crippen LogP contribution in [0.2, 0.25) is 0 Å². The molecule has 0 aliphatic carbocycles.